The number of fused-ring (bicyclic) bond motifs is 1. The van der Waals surface area contributed by atoms with E-state index in [0.717, 1.165) is 11.3 Å². The summed E-state index contributed by atoms with van der Waals surface area (Å²) in [5.74, 6) is -0.173. The van der Waals surface area contributed by atoms with Gasteiger partial charge in [-0.05, 0) is 31.4 Å². The molecule has 1 N–H and O–H groups in total. The maximum atomic E-state index is 12.8. The van der Waals surface area contributed by atoms with E-state index in [2.05, 4.69) is 6.07 Å². The molecule has 1 fully saturated rings. The molecule has 0 spiro atoms. The average Bonchev–Trinajstić information content (AvgIpc) is 2.90. The third-order valence-electron chi connectivity index (χ3n) is 4.51. The van der Waals surface area contributed by atoms with Gasteiger partial charge in [0.2, 0.25) is 5.91 Å². The summed E-state index contributed by atoms with van der Waals surface area (Å²) in [5.41, 5.74) is 1.13. The fourth-order valence-corrected chi connectivity index (χ4v) is 4.51. The van der Waals surface area contributed by atoms with Gasteiger partial charge in [-0.15, -0.1) is 11.8 Å². The largest absolute Gasteiger partial charge is 0.481 e. The SMILES string of the molecule is CC1CC(C(=O)O)CCN1C(=O)C1CSc2ccccc21. The lowest BCUT2D eigenvalue weighted by Gasteiger charge is -2.37. The molecule has 3 unspecified atom stereocenters. The van der Waals surface area contributed by atoms with E-state index in [1.54, 1.807) is 11.8 Å². The van der Waals surface area contributed by atoms with Crippen LogP contribution in [0.3, 0.4) is 0 Å². The number of rotatable bonds is 2. The first-order chi connectivity index (χ1) is 10.1. The quantitative estimate of drug-likeness (QED) is 0.912. The molecule has 1 aromatic rings. The lowest BCUT2D eigenvalue weighted by molar-refractivity contribution is -0.147. The topological polar surface area (TPSA) is 57.6 Å². The second kappa shape index (κ2) is 5.72. The molecule has 0 aliphatic carbocycles. The third kappa shape index (κ3) is 2.67. The molecular weight excluding hydrogens is 286 g/mol. The van der Waals surface area contributed by atoms with Crippen LogP contribution in [0.5, 0.6) is 0 Å². The van der Waals surface area contributed by atoms with Crippen LogP contribution in [0.15, 0.2) is 29.2 Å². The summed E-state index contributed by atoms with van der Waals surface area (Å²) in [6.45, 7) is 2.52. The fraction of sp³-hybridized carbons (Fsp3) is 0.500. The predicted molar refractivity (Wildman–Crippen MR) is 81.4 cm³/mol. The van der Waals surface area contributed by atoms with Crippen LogP contribution in [-0.2, 0) is 9.59 Å². The molecule has 2 aliphatic heterocycles. The number of carboxylic acid groups (broad SMARTS) is 1. The Hall–Kier alpha value is -1.49. The molecule has 2 heterocycles. The van der Waals surface area contributed by atoms with Crippen LogP contribution in [0.4, 0.5) is 0 Å². The summed E-state index contributed by atoms with van der Waals surface area (Å²) >= 11 is 1.73. The minimum atomic E-state index is -0.740. The number of aliphatic carboxylic acids is 1. The van der Waals surface area contributed by atoms with Crippen LogP contribution >= 0.6 is 11.8 Å². The Balaban J connectivity index is 1.74. The van der Waals surface area contributed by atoms with Crippen LogP contribution in [0.2, 0.25) is 0 Å². The standard InChI is InChI=1S/C16H19NO3S/c1-10-8-11(16(19)20)6-7-17(10)15(18)13-9-21-14-5-3-2-4-12(13)14/h2-5,10-11,13H,6-9H2,1H3,(H,19,20). The van der Waals surface area contributed by atoms with Crippen molar-refractivity contribution >= 4 is 23.6 Å². The highest BCUT2D eigenvalue weighted by Crippen LogP contribution is 2.41. The second-order valence-electron chi connectivity index (χ2n) is 5.84. The molecular formula is C16H19NO3S. The highest BCUT2D eigenvalue weighted by Gasteiger charge is 2.37. The molecule has 0 radical (unpaired) electrons. The number of hydrogen-bond acceptors (Lipinski definition) is 3. The van der Waals surface area contributed by atoms with E-state index in [1.807, 2.05) is 30.0 Å². The summed E-state index contributed by atoms with van der Waals surface area (Å²) in [4.78, 5) is 27.0. The highest BCUT2D eigenvalue weighted by atomic mass is 32.2. The lowest BCUT2D eigenvalue weighted by Crippen LogP contribution is -2.47. The zero-order valence-electron chi connectivity index (χ0n) is 12.0. The van der Waals surface area contributed by atoms with Crippen molar-refractivity contribution in [2.75, 3.05) is 12.3 Å². The monoisotopic (exact) mass is 305 g/mol. The zero-order valence-corrected chi connectivity index (χ0v) is 12.8. The van der Waals surface area contributed by atoms with Crippen LogP contribution < -0.4 is 0 Å². The second-order valence-corrected chi connectivity index (χ2v) is 6.90. The van der Waals surface area contributed by atoms with Gasteiger partial charge in [0, 0.05) is 23.2 Å². The summed E-state index contributed by atoms with van der Waals surface area (Å²) in [6, 6.07) is 8.08. The number of likely N-dealkylation sites (tertiary alicyclic amines) is 1. The van der Waals surface area contributed by atoms with Gasteiger partial charge in [-0.1, -0.05) is 18.2 Å². The Morgan fingerprint density at radius 1 is 1.33 bits per heavy atom. The van der Waals surface area contributed by atoms with Gasteiger partial charge in [-0.25, -0.2) is 0 Å². The Labute approximate surface area is 128 Å². The summed E-state index contributed by atoms with van der Waals surface area (Å²) < 4.78 is 0. The van der Waals surface area contributed by atoms with Gasteiger partial charge in [0.05, 0.1) is 11.8 Å². The molecule has 1 aromatic carbocycles. The van der Waals surface area contributed by atoms with E-state index in [4.69, 9.17) is 5.11 Å². The first-order valence-corrected chi connectivity index (χ1v) is 8.31. The maximum absolute atomic E-state index is 12.8. The Morgan fingerprint density at radius 3 is 2.81 bits per heavy atom. The van der Waals surface area contributed by atoms with E-state index in [-0.39, 0.29) is 23.8 Å². The summed E-state index contributed by atoms with van der Waals surface area (Å²) in [6.07, 6.45) is 1.12. The van der Waals surface area contributed by atoms with Crippen LogP contribution in [0.1, 0.15) is 31.2 Å². The molecule has 0 aromatic heterocycles. The number of carbonyl (C=O) groups is 2. The number of carbonyl (C=O) groups excluding carboxylic acids is 1. The molecule has 5 heteroatoms. The number of benzene rings is 1. The van der Waals surface area contributed by atoms with E-state index in [1.165, 1.54) is 4.90 Å². The van der Waals surface area contributed by atoms with Crippen molar-refractivity contribution in [3.8, 4) is 0 Å². The van der Waals surface area contributed by atoms with Gasteiger partial charge in [0.1, 0.15) is 0 Å². The third-order valence-corrected chi connectivity index (χ3v) is 5.69. The normalized spacial score (nSPS) is 28.2. The Bertz CT molecular complexity index is 574. The zero-order chi connectivity index (χ0) is 15.0. The summed E-state index contributed by atoms with van der Waals surface area (Å²) in [5, 5.41) is 9.12. The van der Waals surface area contributed by atoms with E-state index >= 15 is 0 Å². The van der Waals surface area contributed by atoms with Crippen molar-refractivity contribution in [2.45, 2.75) is 36.6 Å². The van der Waals surface area contributed by atoms with E-state index < -0.39 is 5.97 Å². The van der Waals surface area contributed by atoms with Crippen molar-refractivity contribution in [3.05, 3.63) is 29.8 Å². The first-order valence-electron chi connectivity index (χ1n) is 7.33. The van der Waals surface area contributed by atoms with Gasteiger partial charge in [-0.2, -0.15) is 0 Å². The van der Waals surface area contributed by atoms with Gasteiger partial charge in [0.15, 0.2) is 0 Å². The average molecular weight is 305 g/mol. The Morgan fingerprint density at radius 2 is 2.10 bits per heavy atom. The number of carboxylic acids is 1. The van der Waals surface area contributed by atoms with Gasteiger partial charge in [0.25, 0.3) is 0 Å². The smallest absolute Gasteiger partial charge is 0.306 e. The van der Waals surface area contributed by atoms with E-state index in [9.17, 15) is 9.59 Å². The molecule has 4 nitrogen and oxygen atoms in total. The van der Waals surface area contributed by atoms with Crippen LogP contribution in [0, 0.1) is 5.92 Å². The van der Waals surface area contributed by atoms with Crippen molar-refractivity contribution < 1.29 is 14.7 Å². The molecule has 2 aliphatic rings. The Kier molecular flexibility index (Phi) is 3.93. The minimum absolute atomic E-state index is 0.00473. The van der Waals surface area contributed by atoms with Crippen LogP contribution in [-0.4, -0.2) is 40.2 Å². The van der Waals surface area contributed by atoms with Crippen molar-refractivity contribution in [3.63, 3.8) is 0 Å². The number of piperidine rings is 1. The van der Waals surface area contributed by atoms with Gasteiger partial charge in [-0.3, -0.25) is 9.59 Å². The molecule has 0 saturated carbocycles. The van der Waals surface area contributed by atoms with E-state index in [0.29, 0.717) is 19.4 Å². The summed E-state index contributed by atoms with van der Waals surface area (Å²) in [7, 11) is 0. The first kappa shape index (κ1) is 14.4. The number of nitrogens with zero attached hydrogens (tertiary/aromatic N) is 1. The van der Waals surface area contributed by atoms with Crippen LogP contribution in [0.25, 0.3) is 0 Å². The van der Waals surface area contributed by atoms with Crippen molar-refractivity contribution in [2.24, 2.45) is 5.92 Å². The molecule has 1 amide bonds. The minimum Gasteiger partial charge on any atom is -0.481 e. The fourth-order valence-electron chi connectivity index (χ4n) is 3.29. The van der Waals surface area contributed by atoms with Gasteiger partial charge < -0.3 is 10.0 Å². The van der Waals surface area contributed by atoms with Crippen molar-refractivity contribution in [1.82, 2.24) is 4.90 Å². The molecule has 3 rings (SSSR count). The van der Waals surface area contributed by atoms with Crippen molar-refractivity contribution in [1.29, 1.82) is 0 Å². The molecule has 112 valence electrons. The predicted octanol–water partition coefficient (Wildman–Crippen LogP) is 2.59. The number of hydrogen-bond donors (Lipinski definition) is 1. The maximum Gasteiger partial charge on any atom is 0.306 e. The number of thioether (sulfide) groups is 1. The molecule has 1 saturated heterocycles. The lowest BCUT2D eigenvalue weighted by atomic mass is 9.90. The highest BCUT2D eigenvalue weighted by molar-refractivity contribution is 7.99. The van der Waals surface area contributed by atoms with Gasteiger partial charge >= 0.3 is 5.97 Å². The molecule has 21 heavy (non-hydrogen) atoms. The number of amides is 1. The molecule has 0 bridgehead atoms. The molecule has 3 atom stereocenters.